The van der Waals surface area contributed by atoms with Crippen LogP contribution in [0.25, 0.3) is 0 Å². The van der Waals surface area contributed by atoms with E-state index in [4.69, 9.17) is 0 Å². The maximum Gasteiger partial charge on any atom is 0.241 e. The zero-order valence-corrected chi connectivity index (χ0v) is 13.3. The lowest BCUT2D eigenvalue weighted by atomic mass is 10.1. The molecule has 0 radical (unpaired) electrons. The Hall–Kier alpha value is -1.39. The molecule has 1 N–H and O–H groups in total. The van der Waals surface area contributed by atoms with Crippen molar-refractivity contribution >= 4 is 11.6 Å². The number of fused-ring (bicyclic) bond motifs is 3. The van der Waals surface area contributed by atoms with Crippen molar-refractivity contribution in [3.8, 4) is 0 Å². The molecule has 4 heteroatoms. The molecule has 4 nitrogen and oxygen atoms in total. The third kappa shape index (κ3) is 2.55. The first-order valence-electron chi connectivity index (χ1n) is 8.59. The number of likely N-dealkylation sites (tertiary alicyclic amines) is 1. The molecule has 118 valence electrons. The molecule has 2 saturated heterocycles. The van der Waals surface area contributed by atoms with Crippen LogP contribution < -0.4 is 10.2 Å². The smallest absolute Gasteiger partial charge is 0.241 e. The SMILES string of the molecule is CC1Cc2ccccc2N1C(=O)CN1CCC2CCC(C1)N2. The molecule has 3 aliphatic heterocycles. The number of para-hydroxylation sites is 1. The Morgan fingerprint density at radius 3 is 2.95 bits per heavy atom. The second-order valence-corrected chi connectivity index (χ2v) is 7.11. The average molecular weight is 299 g/mol. The monoisotopic (exact) mass is 299 g/mol. The maximum absolute atomic E-state index is 12.9. The van der Waals surface area contributed by atoms with Gasteiger partial charge in [-0.3, -0.25) is 9.69 Å². The minimum Gasteiger partial charge on any atom is -0.310 e. The van der Waals surface area contributed by atoms with Crippen LogP contribution in [-0.4, -0.2) is 48.6 Å². The molecule has 2 fully saturated rings. The minimum atomic E-state index is 0.259. The van der Waals surface area contributed by atoms with Crippen LogP contribution in [0.15, 0.2) is 24.3 Å². The van der Waals surface area contributed by atoms with E-state index in [1.54, 1.807) is 0 Å². The van der Waals surface area contributed by atoms with Gasteiger partial charge in [0.2, 0.25) is 5.91 Å². The first kappa shape index (κ1) is 14.2. The Labute approximate surface area is 132 Å². The molecule has 1 aromatic rings. The van der Waals surface area contributed by atoms with Crippen LogP contribution >= 0.6 is 0 Å². The molecule has 4 rings (SSSR count). The molecule has 1 aromatic carbocycles. The average Bonchev–Trinajstić information content (AvgIpc) is 3.00. The predicted octanol–water partition coefficient (Wildman–Crippen LogP) is 1.79. The predicted molar refractivity (Wildman–Crippen MR) is 88.1 cm³/mol. The van der Waals surface area contributed by atoms with Gasteiger partial charge in [-0.05, 0) is 44.2 Å². The summed E-state index contributed by atoms with van der Waals surface area (Å²) in [5, 5.41) is 3.68. The lowest BCUT2D eigenvalue weighted by Gasteiger charge is -2.28. The molecular weight excluding hydrogens is 274 g/mol. The van der Waals surface area contributed by atoms with Gasteiger partial charge in [-0.25, -0.2) is 0 Å². The van der Waals surface area contributed by atoms with Crippen LogP contribution in [0, 0.1) is 0 Å². The fourth-order valence-corrected chi connectivity index (χ4v) is 4.37. The topological polar surface area (TPSA) is 35.6 Å². The highest BCUT2D eigenvalue weighted by Crippen LogP contribution is 2.32. The second-order valence-electron chi connectivity index (χ2n) is 7.11. The molecule has 3 unspecified atom stereocenters. The Morgan fingerprint density at radius 1 is 1.23 bits per heavy atom. The number of nitrogens with zero attached hydrogens (tertiary/aromatic N) is 2. The van der Waals surface area contributed by atoms with Crippen molar-refractivity contribution in [3.05, 3.63) is 29.8 Å². The van der Waals surface area contributed by atoms with Crippen LogP contribution in [0.3, 0.4) is 0 Å². The van der Waals surface area contributed by atoms with Crippen LogP contribution in [0.4, 0.5) is 5.69 Å². The fourth-order valence-electron chi connectivity index (χ4n) is 4.37. The van der Waals surface area contributed by atoms with E-state index < -0.39 is 0 Å². The summed E-state index contributed by atoms with van der Waals surface area (Å²) in [5.41, 5.74) is 2.43. The Bertz CT molecular complexity index is 573. The van der Waals surface area contributed by atoms with E-state index in [1.807, 2.05) is 11.0 Å². The number of benzene rings is 1. The summed E-state index contributed by atoms with van der Waals surface area (Å²) in [7, 11) is 0. The highest BCUT2D eigenvalue weighted by molar-refractivity contribution is 5.97. The zero-order valence-electron chi connectivity index (χ0n) is 13.3. The number of hydrogen-bond donors (Lipinski definition) is 1. The number of carbonyl (C=O) groups excluding carboxylic acids is 1. The zero-order chi connectivity index (χ0) is 15.1. The van der Waals surface area contributed by atoms with Gasteiger partial charge in [-0.1, -0.05) is 18.2 Å². The van der Waals surface area contributed by atoms with Gasteiger partial charge in [-0.15, -0.1) is 0 Å². The van der Waals surface area contributed by atoms with Crippen molar-refractivity contribution in [1.82, 2.24) is 10.2 Å². The number of rotatable bonds is 2. The van der Waals surface area contributed by atoms with Crippen molar-refractivity contribution in [2.24, 2.45) is 0 Å². The van der Waals surface area contributed by atoms with Crippen LogP contribution in [-0.2, 0) is 11.2 Å². The number of nitrogens with one attached hydrogen (secondary N) is 1. The summed E-state index contributed by atoms with van der Waals surface area (Å²) in [6, 6.07) is 9.88. The molecular formula is C18H25N3O. The number of anilines is 1. The molecule has 0 spiro atoms. The highest BCUT2D eigenvalue weighted by atomic mass is 16.2. The summed E-state index contributed by atoms with van der Waals surface area (Å²) in [6.45, 7) is 4.78. The number of amides is 1. The molecule has 0 aromatic heterocycles. The van der Waals surface area contributed by atoms with Crippen LogP contribution in [0.5, 0.6) is 0 Å². The Kier molecular flexibility index (Phi) is 3.66. The standard InChI is InChI=1S/C18H25N3O/c1-13-10-14-4-2-3-5-17(14)21(13)18(22)12-20-9-8-15-6-7-16(11-20)19-15/h2-5,13,15-16,19H,6-12H2,1H3. The van der Waals surface area contributed by atoms with E-state index in [0.29, 0.717) is 18.6 Å². The van der Waals surface area contributed by atoms with Gasteiger partial charge in [0.05, 0.1) is 6.54 Å². The molecule has 0 saturated carbocycles. The lowest BCUT2D eigenvalue weighted by molar-refractivity contribution is -0.120. The highest BCUT2D eigenvalue weighted by Gasteiger charge is 2.34. The molecule has 2 bridgehead atoms. The van der Waals surface area contributed by atoms with Crippen LogP contribution in [0.2, 0.25) is 0 Å². The maximum atomic E-state index is 12.9. The van der Waals surface area contributed by atoms with E-state index in [-0.39, 0.29) is 11.9 Å². The third-order valence-corrected chi connectivity index (χ3v) is 5.44. The molecule has 3 aliphatic rings. The molecule has 0 aliphatic carbocycles. The summed E-state index contributed by atoms with van der Waals surface area (Å²) in [6.07, 6.45) is 4.73. The molecule has 3 atom stereocenters. The lowest BCUT2D eigenvalue weighted by Crippen LogP contribution is -2.45. The van der Waals surface area contributed by atoms with E-state index in [0.717, 1.165) is 25.2 Å². The van der Waals surface area contributed by atoms with Crippen molar-refractivity contribution in [3.63, 3.8) is 0 Å². The molecule has 22 heavy (non-hydrogen) atoms. The van der Waals surface area contributed by atoms with E-state index >= 15 is 0 Å². The van der Waals surface area contributed by atoms with E-state index in [1.165, 1.54) is 24.8 Å². The van der Waals surface area contributed by atoms with Crippen LogP contribution in [0.1, 0.15) is 31.7 Å². The summed E-state index contributed by atoms with van der Waals surface area (Å²) in [5.74, 6) is 0.259. The summed E-state index contributed by atoms with van der Waals surface area (Å²) < 4.78 is 0. The number of carbonyl (C=O) groups is 1. The van der Waals surface area contributed by atoms with Gasteiger partial charge < -0.3 is 10.2 Å². The van der Waals surface area contributed by atoms with Gasteiger partial charge >= 0.3 is 0 Å². The van der Waals surface area contributed by atoms with Gasteiger partial charge in [-0.2, -0.15) is 0 Å². The third-order valence-electron chi connectivity index (χ3n) is 5.44. The van der Waals surface area contributed by atoms with Crippen molar-refractivity contribution < 1.29 is 4.79 Å². The van der Waals surface area contributed by atoms with Gasteiger partial charge in [0.1, 0.15) is 0 Å². The van der Waals surface area contributed by atoms with Gasteiger partial charge in [0.15, 0.2) is 0 Å². The fraction of sp³-hybridized carbons (Fsp3) is 0.611. The number of hydrogen-bond acceptors (Lipinski definition) is 3. The second kappa shape index (κ2) is 5.67. The Morgan fingerprint density at radius 2 is 2.05 bits per heavy atom. The van der Waals surface area contributed by atoms with Crippen molar-refractivity contribution in [2.45, 2.75) is 50.7 Å². The molecule has 1 amide bonds. The Balaban J connectivity index is 1.46. The van der Waals surface area contributed by atoms with Gasteiger partial charge in [0, 0.05) is 36.9 Å². The summed E-state index contributed by atoms with van der Waals surface area (Å²) in [4.78, 5) is 17.2. The summed E-state index contributed by atoms with van der Waals surface area (Å²) >= 11 is 0. The minimum absolute atomic E-state index is 0.259. The van der Waals surface area contributed by atoms with E-state index in [2.05, 4.69) is 35.3 Å². The van der Waals surface area contributed by atoms with Crippen molar-refractivity contribution in [2.75, 3.05) is 24.5 Å². The quantitative estimate of drug-likeness (QED) is 0.904. The van der Waals surface area contributed by atoms with Crippen molar-refractivity contribution in [1.29, 1.82) is 0 Å². The van der Waals surface area contributed by atoms with Gasteiger partial charge in [0.25, 0.3) is 0 Å². The molecule has 3 heterocycles. The largest absolute Gasteiger partial charge is 0.310 e. The first-order valence-corrected chi connectivity index (χ1v) is 8.59. The first-order chi connectivity index (χ1) is 10.7. The normalized spacial score (nSPS) is 31.1. The van der Waals surface area contributed by atoms with E-state index in [9.17, 15) is 4.79 Å².